The molecule has 2 aromatic rings. The summed E-state index contributed by atoms with van der Waals surface area (Å²) in [5.41, 5.74) is -0.837. The van der Waals surface area contributed by atoms with Gasteiger partial charge >= 0.3 is 6.18 Å². The molecule has 0 aliphatic carbocycles. The molecule has 1 heterocycles. The Bertz CT molecular complexity index is 637. The summed E-state index contributed by atoms with van der Waals surface area (Å²) >= 11 is 6.10. The summed E-state index contributed by atoms with van der Waals surface area (Å²) in [5, 5.41) is 3.88. The lowest BCUT2D eigenvalue weighted by Crippen LogP contribution is -2.11. The molecule has 0 unspecified atom stereocenters. The van der Waals surface area contributed by atoms with Crippen LogP contribution >= 0.6 is 31.9 Å². The molecular formula is C11H5Br2F3N2O. The second kappa shape index (κ2) is 5.09. The van der Waals surface area contributed by atoms with E-state index >= 15 is 0 Å². The van der Waals surface area contributed by atoms with E-state index in [2.05, 4.69) is 37.0 Å². The van der Waals surface area contributed by atoms with Crippen molar-refractivity contribution in [3.63, 3.8) is 0 Å². The zero-order valence-corrected chi connectivity index (χ0v) is 12.3. The predicted molar refractivity (Wildman–Crippen MR) is 69.4 cm³/mol. The molecule has 1 aromatic heterocycles. The van der Waals surface area contributed by atoms with Crippen LogP contribution in [0.1, 0.15) is 15.9 Å². The summed E-state index contributed by atoms with van der Waals surface area (Å²) in [6, 6.07) is 4.99. The van der Waals surface area contributed by atoms with Crippen molar-refractivity contribution in [1.82, 2.24) is 9.78 Å². The molecule has 0 aliphatic heterocycles. The Morgan fingerprint density at radius 2 is 1.84 bits per heavy atom. The number of aldehydes is 1. The van der Waals surface area contributed by atoms with Crippen LogP contribution in [0, 0.1) is 0 Å². The van der Waals surface area contributed by atoms with Crippen molar-refractivity contribution in [3.8, 4) is 5.69 Å². The molecule has 0 N–H and O–H groups in total. The fourth-order valence-corrected chi connectivity index (χ4v) is 2.80. The quantitative estimate of drug-likeness (QED) is 0.711. The number of hydrogen-bond acceptors (Lipinski definition) is 2. The van der Waals surface area contributed by atoms with Crippen LogP contribution in [0.15, 0.2) is 33.5 Å². The van der Waals surface area contributed by atoms with Gasteiger partial charge in [0.1, 0.15) is 9.21 Å². The van der Waals surface area contributed by atoms with Gasteiger partial charge in [0, 0.05) is 0 Å². The molecule has 3 nitrogen and oxygen atoms in total. The predicted octanol–water partition coefficient (Wildman–Crippen LogP) is 4.23. The summed E-state index contributed by atoms with van der Waals surface area (Å²) in [7, 11) is 0. The summed E-state index contributed by atoms with van der Waals surface area (Å²) in [4.78, 5) is 10.8. The molecule has 8 heteroatoms. The Kier molecular flexibility index (Phi) is 3.82. The van der Waals surface area contributed by atoms with Crippen molar-refractivity contribution in [2.75, 3.05) is 0 Å². The largest absolute Gasteiger partial charge is 0.418 e. The summed E-state index contributed by atoms with van der Waals surface area (Å²) < 4.78 is 40.1. The topological polar surface area (TPSA) is 34.9 Å². The molecular weight excluding hydrogens is 393 g/mol. The lowest BCUT2D eigenvalue weighted by Gasteiger charge is -2.13. The highest BCUT2D eigenvalue weighted by atomic mass is 79.9. The molecule has 0 aliphatic rings. The number of halogens is 5. The highest BCUT2D eigenvalue weighted by molar-refractivity contribution is 9.11. The first kappa shape index (κ1) is 14.3. The van der Waals surface area contributed by atoms with Gasteiger partial charge in [0.05, 0.1) is 16.8 Å². The molecule has 0 saturated carbocycles. The van der Waals surface area contributed by atoms with Gasteiger partial charge in [0.25, 0.3) is 0 Å². The van der Waals surface area contributed by atoms with Gasteiger partial charge in [-0.2, -0.15) is 18.3 Å². The van der Waals surface area contributed by atoms with E-state index in [0.29, 0.717) is 6.29 Å². The Balaban J connectivity index is 2.70. The van der Waals surface area contributed by atoms with Gasteiger partial charge < -0.3 is 0 Å². The Hall–Kier alpha value is -1.15. The van der Waals surface area contributed by atoms with E-state index in [1.807, 2.05) is 0 Å². The van der Waals surface area contributed by atoms with Crippen LogP contribution in [-0.2, 0) is 6.18 Å². The molecule has 0 amide bonds. The van der Waals surface area contributed by atoms with E-state index in [1.54, 1.807) is 0 Å². The summed E-state index contributed by atoms with van der Waals surface area (Å²) in [6.45, 7) is 0. The van der Waals surface area contributed by atoms with Crippen LogP contribution in [0.2, 0.25) is 0 Å². The minimum atomic E-state index is -4.50. The second-order valence-corrected chi connectivity index (χ2v) is 5.04. The number of carbonyl (C=O) groups is 1. The molecule has 2 rings (SSSR count). The number of nitrogens with zero attached hydrogens (tertiary/aromatic N) is 2. The number of para-hydroxylation sites is 1. The first-order valence-corrected chi connectivity index (χ1v) is 6.50. The fraction of sp³-hybridized carbons (Fsp3) is 0.0909. The number of aromatic nitrogens is 2. The highest BCUT2D eigenvalue weighted by Crippen LogP contribution is 2.35. The second-order valence-electron chi connectivity index (χ2n) is 3.54. The monoisotopic (exact) mass is 396 g/mol. The first-order chi connectivity index (χ1) is 8.86. The zero-order valence-electron chi connectivity index (χ0n) is 9.08. The summed E-state index contributed by atoms with van der Waals surface area (Å²) in [5.74, 6) is 0. The maximum atomic E-state index is 12.9. The first-order valence-electron chi connectivity index (χ1n) is 4.92. The van der Waals surface area contributed by atoms with Crippen molar-refractivity contribution >= 4 is 38.1 Å². The standard InChI is InChI=1S/C11H5Br2F3N2O/c12-9-6(5-19)10(13)18(17-9)8-4-2-1-3-7(8)11(14,15)16/h1-5H. The molecule has 0 saturated heterocycles. The SMILES string of the molecule is O=Cc1c(Br)nn(-c2ccccc2C(F)(F)F)c1Br. The van der Waals surface area contributed by atoms with Gasteiger partial charge in [-0.1, -0.05) is 12.1 Å². The van der Waals surface area contributed by atoms with E-state index in [4.69, 9.17) is 0 Å². The molecule has 100 valence electrons. The van der Waals surface area contributed by atoms with Crippen LogP contribution in [0.5, 0.6) is 0 Å². The normalized spacial score (nSPS) is 11.6. The van der Waals surface area contributed by atoms with E-state index in [0.717, 1.165) is 10.7 Å². The third kappa shape index (κ3) is 2.59. The van der Waals surface area contributed by atoms with Crippen molar-refractivity contribution in [1.29, 1.82) is 0 Å². The van der Waals surface area contributed by atoms with E-state index < -0.39 is 11.7 Å². The van der Waals surface area contributed by atoms with Crippen LogP contribution in [0.25, 0.3) is 5.69 Å². The maximum Gasteiger partial charge on any atom is 0.418 e. The number of alkyl halides is 3. The Morgan fingerprint density at radius 3 is 2.37 bits per heavy atom. The molecule has 0 atom stereocenters. The molecule has 0 fully saturated rings. The average Bonchev–Trinajstić information content (AvgIpc) is 2.63. The smallest absolute Gasteiger partial charge is 0.298 e. The van der Waals surface area contributed by atoms with Crippen molar-refractivity contribution < 1.29 is 18.0 Å². The van der Waals surface area contributed by atoms with E-state index in [-0.39, 0.29) is 20.5 Å². The Morgan fingerprint density at radius 1 is 1.21 bits per heavy atom. The van der Waals surface area contributed by atoms with Gasteiger partial charge in [-0.3, -0.25) is 4.79 Å². The number of hydrogen-bond donors (Lipinski definition) is 0. The zero-order chi connectivity index (χ0) is 14.2. The van der Waals surface area contributed by atoms with Crippen molar-refractivity contribution in [3.05, 3.63) is 44.6 Å². The van der Waals surface area contributed by atoms with Gasteiger partial charge in [0.15, 0.2) is 6.29 Å². The van der Waals surface area contributed by atoms with Gasteiger partial charge in [0.2, 0.25) is 0 Å². The molecule has 19 heavy (non-hydrogen) atoms. The molecule has 0 spiro atoms. The van der Waals surface area contributed by atoms with Gasteiger partial charge in [-0.25, -0.2) is 4.68 Å². The maximum absolute atomic E-state index is 12.9. The third-order valence-electron chi connectivity index (χ3n) is 2.37. The van der Waals surface area contributed by atoms with Gasteiger partial charge in [-0.15, -0.1) is 0 Å². The van der Waals surface area contributed by atoms with Crippen LogP contribution in [0.4, 0.5) is 13.2 Å². The van der Waals surface area contributed by atoms with E-state index in [9.17, 15) is 18.0 Å². The average molecular weight is 398 g/mol. The lowest BCUT2D eigenvalue weighted by atomic mass is 10.1. The minimum absolute atomic E-state index is 0.150. The van der Waals surface area contributed by atoms with Crippen LogP contribution < -0.4 is 0 Å². The third-order valence-corrected chi connectivity index (χ3v) is 3.72. The number of carbonyl (C=O) groups excluding carboxylic acids is 1. The van der Waals surface area contributed by atoms with Crippen LogP contribution in [0.3, 0.4) is 0 Å². The minimum Gasteiger partial charge on any atom is -0.298 e. The van der Waals surface area contributed by atoms with Gasteiger partial charge in [-0.05, 0) is 44.0 Å². The van der Waals surface area contributed by atoms with Crippen LogP contribution in [-0.4, -0.2) is 16.1 Å². The number of rotatable bonds is 2. The van der Waals surface area contributed by atoms with E-state index in [1.165, 1.54) is 18.2 Å². The fourth-order valence-electron chi connectivity index (χ4n) is 1.54. The number of benzene rings is 1. The molecule has 0 radical (unpaired) electrons. The molecule has 0 bridgehead atoms. The van der Waals surface area contributed by atoms with Crippen molar-refractivity contribution in [2.24, 2.45) is 0 Å². The lowest BCUT2D eigenvalue weighted by molar-refractivity contribution is -0.137. The highest BCUT2D eigenvalue weighted by Gasteiger charge is 2.34. The Labute approximate surface area is 122 Å². The summed E-state index contributed by atoms with van der Waals surface area (Å²) in [6.07, 6.45) is -4.00. The molecule has 1 aromatic carbocycles. The van der Waals surface area contributed by atoms with Crippen molar-refractivity contribution in [2.45, 2.75) is 6.18 Å².